The molecule has 180 valence electrons. The lowest BCUT2D eigenvalue weighted by Crippen LogP contribution is -2.06. The Labute approximate surface area is 201 Å². The first-order chi connectivity index (χ1) is 16.4. The summed E-state index contributed by atoms with van der Waals surface area (Å²) >= 11 is 1.10. The summed E-state index contributed by atoms with van der Waals surface area (Å²) in [5.74, 6) is -0.489. The molecule has 0 atom stereocenters. The van der Waals surface area contributed by atoms with Crippen LogP contribution < -0.4 is 10.5 Å². The second-order valence-corrected chi connectivity index (χ2v) is 8.62. The molecule has 0 fully saturated rings. The first-order valence-electron chi connectivity index (χ1n) is 10.0. The SMILES string of the molecule is Cc1cc(/C=C2\SC(N)=NC2=O)c(C)n1-c1ccc(Oc2ccc(C(F)(F)F)cc2[N+](=O)[O-])cc1. The van der Waals surface area contributed by atoms with Crippen molar-refractivity contribution in [2.75, 3.05) is 0 Å². The van der Waals surface area contributed by atoms with Gasteiger partial charge in [0, 0.05) is 23.1 Å². The van der Waals surface area contributed by atoms with E-state index in [2.05, 4.69) is 4.99 Å². The number of amidine groups is 1. The number of benzene rings is 2. The predicted molar refractivity (Wildman–Crippen MR) is 126 cm³/mol. The Balaban J connectivity index is 1.60. The van der Waals surface area contributed by atoms with E-state index in [1.807, 2.05) is 24.5 Å². The Morgan fingerprint density at radius 2 is 1.83 bits per heavy atom. The third kappa shape index (κ3) is 4.92. The second kappa shape index (κ2) is 8.95. The fourth-order valence-electron chi connectivity index (χ4n) is 3.61. The number of aliphatic imine (C=N–C) groups is 1. The van der Waals surface area contributed by atoms with Gasteiger partial charge in [0.1, 0.15) is 5.75 Å². The van der Waals surface area contributed by atoms with Crippen molar-refractivity contribution < 1.29 is 27.6 Å². The van der Waals surface area contributed by atoms with Crippen molar-refractivity contribution in [3.63, 3.8) is 0 Å². The maximum atomic E-state index is 12.9. The number of aromatic nitrogens is 1. The predicted octanol–water partition coefficient (Wildman–Crippen LogP) is 5.74. The number of hydrogen-bond acceptors (Lipinski definition) is 6. The number of rotatable bonds is 5. The van der Waals surface area contributed by atoms with Gasteiger partial charge < -0.3 is 15.0 Å². The maximum absolute atomic E-state index is 12.9. The van der Waals surface area contributed by atoms with Crippen LogP contribution in [0.3, 0.4) is 0 Å². The Bertz CT molecular complexity index is 1410. The number of thioether (sulfide) groups is 1. The minimum atomic E-state index is -4.71. The van der Waals surface area contributed by atoms with Crippen molar-refractivity contribution in [3.05, 3.63) is 86.1 Å². The molecule has 4 rings (SSSR count). The van der Waals surface area contributed by atoms with Crippen molar-refractivity contribution in [1.82, 2.24) is 4.57 Å². The standard InChI is InChI=1S/C23H17F3N4O4S/c1-12-9-14(10-20-21(31)28-22(27)35-20)13(2)29(12)16-4-6-17(7-5-16)34-19-8-3-15(23(24,25)26)11-18(19)30(32)33/h3-11H,1-2H3,(H2,27,28,31)/b20-10-. The summed E-state index contributed by atoms with van der Waals surface area (Å²) in [5.41, 5.74) is 6.96. The van der Waals surface area contributed by atoms with Crippen LogP contribution in [0.5, 0.6) is 11.5 Å². The Hall–Kier alpha value is -4.06. The van der Waals surface area contributed by atoms with Crippen LogP contribution >= 0.6 is 11.8 Å². The summed E-state index contributed by atoms with van der Waals surface area (Å²) in [7, 11) is 0. The molecular formula is C23H17F3N4O4S. The quantitative estimate of drug-likeness (QED) is 0.270. The highest BCUT2D eigenvalue weighted by Gasteiger charge is 2.33. The molecule has 2 heterocycles. The van der Waals surface area contributed by atoms with Gasteiger partial charge >= 0.3 is 11.9 Å². The van der Waals surface area contributed by atoms with E-state index < -0.39 is 28.3 Å². The number of hydrogen-bond donors (Lipinski definition) is 1. The fraction of sp³-hybridized carbons (Fsp3) is 0.130. The number of alkyl halides is 3. The van der Waals surface area contributed by atoms with E-state index in [4.69, 9.17) is 10.5 Å². The Morgan fingerprint density at radius 3 is 2.40 bits per heavy atom. The fourth-order valence-corrected chi connectivity index (χ4v) is 4.28. The van der Waals surface area contributed by atoms with Crippen molar-refractivity contribution >= 4 is 34.6 Å². The topological polar surface area (TPSA) is 113 Å². The summed E-state index contributed by atoms with van der Waals surface area (Å²) < 4.78 is 46.2. The van der Waals surface area contributed by atoms with E-state index in [0.29, 0.717) is 11.0 Å². The molecule has 1 amide bonds. The van der Waals surface area contributed by atoms with E-state index in [1.165, 1.54) is 0 Å². The molecule has 3 aromatic rings. The number of nitrogens with zero attached hydrogens (tertiary/aromatic N) is 3. The molecule has 0 saturated heterocycles. The van der Waals surface area contributed by atoms with Crippen LogP contribution in [0.25, 0.3) is 11.8 Å². The summed E-state index contributed by atoms with van der Waals surface area (Å²) in [6, 6.07) is 10.5. The molecule has 2 N–H and O–H groups in total. The molecule has 0 spiro atoms. The van der Waals surface area contributed by atoms with Gasteiger partial charge in [-0.15, -0.1) is 0 Å². The number of ether oxygens (including phenoxy) is 1. The highest BCUT2D eigenvalue weighted by molar-refractivity contribution is 8.18. The minimum Gasteiger partial charge on any atom is -0.450 e. The van der Waals surface area contributed by atoms with Crippen LogP contribution in [0.4, 0.5) is 18.9 Å². The lowest BCUT2D eigenvalue weighted by Gasteiger charge is -2.12. The lowest BCUT2D eigenvalue weighted by atomic mass is 10.2. The molecule has 12 heteroatoms. The van der Waals surface area contributed by atoms with Gasteiger partial charge in [-0.25, -0.2) is 0 Å². The first kappa shape index (κ1) is 24.1. The molecule has 0 unspecified atom stereocenters. The van der Waals surface area contributed by atoms with E-state index in [1.54, 1.807) is 30.3 Å². The molecular weight excluding hydrogens is 485 g/mol. The Kier molecular flexibility index (Phi) is 6.15. The zero-order valence-electron chi connectivity index (χ0n) is 18.3. The number of nitrogens with two attached hydrogens (primary N) is 1. The highest BCUT2D eigenvalue weighted by Crippen LogP contribution is 2.38. The molecule has 1 aliphatic heterocycles. The smallest absolute Gasteiger partial charge is 0.416 e. The van der Waals surface area contributed by atoms with Crippen LogP contribution in [0.1, 0.15) is 22.5 Å². The van der Waals surface area contributed by atoms with Gasteiger partial charge in [-0.3, -0.25) is 14.9 Å². The minimum absolute atomic E-state index is 0.193. The van der Waals surface area contributed by atoms with Gasteiger partial charge in [0.15, 0.2) is 5.17 Å². The number of amides is 1. The largest absolute Gasteiger partial charge is 0.450 e. The van der Waals surface area contributed by atoms with Crippen molar-refractivity contribution in [2.24, 2.45) is 10.7 Å². The number of nitro benzene ring substituents is 1. The summed E-state index contributed by atoms with van der Waals surface area (Å²) in [5, 5.41) is 11.5. The van der Waals surface area contributed by atoms with Gasteiger partial charge in [0.25, 0.3) is 5.91 Å². The van der Waals surface area contributed by atoms with Crippen molar-refractivity contribution in [3.8, 4) is 17.2 Å². The van der Waals surface area contributed by atoms with Crippen molar-refractivity contribution in [2.45, 2.75) is 20.0 Å². The number of nitro groups is 1. The van der Waals surface area contributed by atoms with Gasteiger partial charge in [-0.1, -0.05) is 0 Å². The molecule has 1 aliphatic rings. The zero-order valence-corrected chi connectivity index (χ0v) is 19.1. The summed E-state index contributed by atoms with van der Waals surface area (Å²) in [6.07, 6.45) is -2.99. The van der Waals surface area contributed by atoms with E-state index >= 15 is 0 Å². The summed E-state index contributed by atoms with van der Waals surface area (Å²) in [4.78, 5) is 26.4. The van der Waals surface area contributed by atoms with E-state index in [0.717, 1.165) is 46.5 Å². The van der Waals surface area contributed by atoms with Gasteiger partial charge in [0.2, 0.25) is 5.75 Å². The monoisotopic (exact) mass is 502 g/mol. The third-order valence-corrected chi connectivity index (χ3v) is 6.01. The molecule has 0 radical (unpaired) electrons. The highest BCUT2D eigenvalue weighted by atomic mass is 32.2. The second-order valence-electron chi connectivity index (χ2n) is 7.56. The van der Waals surface area contributed by atoms with E-state index in [9.17, 15) is 28.1 Å². The lowest BCUT2D eigenvalue weighted by molar-refractivity contribution is -0.385. The van der Waals surface area contributed by atoms with Crippen LogP contribution in [-0.2, 0) is 11.0 Å². The van der Waals surface area contributed by atoms with Crippen LogP contribution in [0.15, 0.2) is 58.4 Å². The molecule has 0 aliphatic carbocycles. The average molecular weight is 502 g/mol. The Morgan fingerprint density at radius 1 is 1.14 bits per heavy atom. The van der Waals surface area contributed by atoms with E-state index in [-0.39, 0.29) is 16.7 Å². The van der Waals surface area contributed by atoms with Crippen LogP contribution in [0, 0.1) is 24.0 Å². The molecule has 35 heavy (non-hydrogen) atoms. The summed E-state index contributed by atoms with van der Waals surface area (Å²) in [6.45, 7) is 3.77. The van der Waals surface area contributed by atoms with Crippen molar-refractivity contribution in [1.29, 1.82) is 0 Å². The molecule has 8 nitrogen and oxygen atoms in total. The number of halogens is 3. The molecule has 2 aromatic carbocycles. The normalized spacial score (nSPS) is 14.9. The number of carbonyl (C=O) groups excluding carboxylic acids is 1. The van der Waals surface area contributed by atoms with Crippen LogP contribution in [-0.4, -0.2) is 20.6 Å². The van der Waals surface area contributed by atoms with Gasteiger partial charge in [0.05, 0.1) is 15.4 Å². The molecule has 0 bridgehead atoms. The third-order valence-electron chi connectivity index (χ3n) is 5.20. The maximum Gasteiger partial charge on any atom is 0.416 e. The number of aryl methyl sites for hydroxylation is 1. The average Bonchev–Trinajstić information content (AvgIpc) is 3.24. The van der Waals surface area contributed by atoms with Gasteiger partial charge in [-0.2, -0.15) is 18.2 Å². The van der Waals surface area contributed by atoms with Gasteiger partial charge in [-0.05, 0) is 79.7 Å². The van der Waals surface area contributed by atoms with Crippen LogP contribution in [0.2, 0.25) is 0 Å². The number of carbonyl (C=O) groups is 1. The molecule has 1 aromatic heterocycles. The zero-order chi connectivity index (χ0) is 25.5. The molecule has 0 saturated carbocycles. The first-order valence-corrected chi connectivity index (χ1v) is 10.9.